The zero-order valence-electron chi connectivity index (χ0n) is 24.9. The Morgan fingerprint density at radius 1 is 0.850 bits per heavy atom. The van der Waals surface area contributed by atoms with E-state index >= 15 is 0 Å². The molecule has 6 heteroatoms. The molecule has 0 aliphatic rings. The van der Waals surface area contributed by atoms with E-state index in [1.165, 1.54) is 75.6 Å². The summed E-state index contributed by atoms with van der Waals surface area (Å²) in [7, 11) is 1.65. The standard InChI is InChI=1S/C34H48N2O3S/c1-4-5-6-7-8-9-10-11-12-13-14-15-22-39-32-20-19-29(25-33(32)38-3)26-34(37)35-31-18-16-17-30(24-31)27-36-21-23-40-28(36)2/h16-21,23-25H,4-15,22,26-27H2,1-3H3/p+1. The van der Waals surface area contributed by atoms with Gasteiger partial charge in [0, 0.05) is 18.2 Å². The van der Waals surface area contributed by atoms with E-state index in [1.807, 2.05) is 36.4 Å². The minimum absolute atomic E-state index is 0.0521. The Balaban J connectivity index is 1.34. The molecule has 0 fully saturated rings. The highest BCUT2D eigenvalue weighted by Crippen LogP contribution is 2.29. The molecular formula is C34H49N2O3S+. The van der Waals surface area contributed by atoms with Crippen molar-refractivity contribution < 1.29 is 18.8 Å². The Morgan fingerprint density at radius 3 is 2.20 bits per heavy atom. The van der Waals surface area contributed by atoms with Gasteiger partial charge in [-0.2, -0.15) is 4.57 Å². The third-order valence-corrected chi connectivity index (χ3v) is 8.13. The second kappa shape index (κ2) is 18.5. The highest BCUT2D eigenvalue weighted by molar-refractivity contribution is 7.09. The monoisotopic (exact) mass is 565 g/mol. The number of benzene rings is 2. The molecule has 0 saturated carbocycles. The maximum absolute atomic E-state index is 12.8. The molecule has 0 saturated heterocycles. The minimum Gasteiger partial charge on any atom is -0.493 e. The summed E-state index contributed by atoms with van der Waals surface area (Å²) < 4.78 is 13.8. The number of unbranched alkanes of at least 4 members (excludes halogenated alkanes) is 11. The number of hydrogen-bond acceptors (Lipinski definition) is 4. The normalized spacial score (nSPS) is 11.0. The molecule has 0 bridgehead atoms. The predicted octanol–water partition coefficient (Wildman–Crippen LogP) is 8.66. The maximum atomic E-state index is 12.8. The first-order valence-electron chi connectivity index (χ1n) is 15.2. The van der Waals surface area contributed by atoms with Crippen LogP contribution in [0.1, 0.15) is 100 Å². The number of nitrogens with zero attached hydrogens (tertiary/aromatic N) is 1. The van der Waals surface area contributed by atoms with Gasteiger partial charge < -0.3 is 14.8 Å². The molecular weight excluding hydrogens is 516 g/mol. The summed E-state index contributed by atoms with van der Waals surface area (Å²) in [6, 6.07) is 13.8. The van der Waals surface area contributed by atoms with Gasteiger partial charge in [0.2, 0.25) is 10.9 Å². The van der Waals surface area contributed by atoms with E-state index in [0.717, 1.165) is 35.5 Å². The van der Waals surface area contributed by atoms with Crippen LogP contribution in [0, 0.1) is 6.92 Å². The maximum Gasteiger partial charge on any atom is 0.234 e. The lowest BCUT2D eigenvalue weighted by atomic mass is 10.1. The molecule has 218 valence electrons. The van der Waals surface area contributed by atoms with Crippen LogP contribution in [0.2, 0.25) is 0 Å². The molecule has 1 amide bonds. The van der Waals surface area contributed by atoms with Crippen molar-refractivity contribution in [1.29, 1.82) is 0 Å². The quantitative estimate of drug-likeness (QED) is 0.110. The average molecular weight is 566 g/mol. The van der Waals surface area contributed by atoms with E-state index in [1.54, 1.807) is 18.4 Å². The average Bonchev–Trinajstić information content (AvgIpc) is 3.35. The van der Waals surface area contributed by atoms with Gasteiger partial charge in [0.25, 0.3) is 0 Å². The molecule has 40 heavy (non-hydrogen) atoms. The number of amides is 1. The van der Waals surface area contributed by atoms with E-state index in [-0.39, 0.29) is 12.3 Å². The fourth-order valence-corrected chi connectivity index (χ4v) is 5.61. The lowest BCUT2D eigenvalue weighted by molar-refractivity contribution is -0.689. The number of ether oxygens (including phenoxy) is 2. The molecule has 3 aromatic rings. The number of aromatic nitrogens is 1. The second-order valence-electron chi connectivity index (χ2n) is 10.7. The van der Waals surface area contributed by atoms with Crippen LogP contribution < -0.4 is 19.4 Å². The van der Waals surface area contributed by atoms with Crippen molar-refractivity contribution in [2.75, 3.05) is 19.0 Å². The Hall–Kier alpha value is -2.86. The smallest absolute Gasteiger partial charge is 0.234 e. The van der Waals surface area contributed by atoms with Crippen molar-refractivity contribution in [3.63, 3.8) is 0 Å². The second-order valence-corrected chi connectivity index (χ2v) is 11.8. The molecule has 0 aliphatic carbocycles. The van der Waals surface area contributed by atoms with Crippen LogP contribution in [-0.2, 0) is 17.8 Å². The third-order valence-electron chi connectivity index (χ3n) is 7.30. The molecule has 1 N–H and O–H groups in total. The predicted molar refractivity (Wildman–Crippen MR) is 167 cm³/mol. The van der Waals surface area contributed by atoms with Crippen molar-refractivity contribution in [3.05, 3.63) is 70.2 Å². The van der Waals surface area contributed by atoms with Crippen LogP contribution >= 0.6 is 11.3 Å². The van der Waals surface area contributed by atoms with Gasteiger partial charge >= 0.3 is 0 Å². The zero-order chi connectivity index (χ0) is 28.4. The number of rotatable bonds is 20. The number of nitrogens with one attached hydrogen (secondary N) is 1. The van der Waals surface area contributed by atoms with Gasteiger partial charge in [0.15, 0.2) is 24.2 Å². The topological polar surface area (TPSA) is 51.4 Å². The van der Waals surface area contributed by atoms with Crippen molar-refractivity contribution >= 4 is 22.9 Å². The van der Waals surface area contributed by atoms with Gasteiger partial charge in [-0.15, -0.1) is 0 Å². The molecule has 5 nitrogen and oxygen atoms in total. The van der Waals surface area contributed by atoms with Crippen LogP contribution in [0.25, 0.3) is 0 Å². The lowest BCUT2D eigenvalue weighted by Gasteiger charge is -2.12. The largest absolute Gasteiger partial charge is 0.493 e. The number of methoxy groups -OCH3 is 1. The summed E-state index contributed by atoms with van der Waals surface area (Å²) in [4.78, 5) is 12.8. The first-order chi connectivity index (χ1) is 19.6. The van der Waals surface area contributed by atoms with Gasteiger partial charge in [-0.25, -0.2) is 0 Å². The van der Waals surface area contributed by atoms with E-state index in [9.17, 15) is 4.79 Å². The number of carbonyl (C=O) groups excluding carboxylic acids is 1. The summed E-state index contributed by atoms with van der Waals surface area (Å²) in [5, 5.41) is 6.38. The highest BCUT2D eigenvalue weighted by atomic mass is 32.1. The lowest BCUT2D eigenvalue weighted by Crippen LogP contribution is -2.34. The van der Waals surface area contributed by atoms with Gasteiger partial charge in [-0.05, 0) is 36.2 Å². The van der Waals surface area contributed by atoms with Crippen molar-refractivity contribution in [1.82, 2.24) is 0 Å². The van der Waals surface area contributed by atoms with E-state index < -0.39 is 0 Å². The van der Waals surface area contributed by atoms with Crippen molar-refractivity contribution in [2.45, 2.75) is 104 Å². The van der Waals surface area contributed by atoms with E-state index in [2.05, 4.69) is 41.4 Å². The summed E-state index contributed by atoms with van der Waals surface area (Å²) in [5.41, 5.74) is 2.86. The summed E-state index contributed by atoms with van der Waals surface area (Å²) >= 11 is 1.73. The molecule has 1 aromatic heterocycles. The van der Waals surface area contributed by atoms with Crippen molar-refractivity contribution in [3.8, 4) is 11.5 Å². The number of anilines is 1. The van der Waals surface area contributed by atoms with Gasteiger partial charge in [0.1, 0.15) is 0 Å². The van der Waals surface area contributed by atoms with E-state index in [4.69, 9.17) is 9.47 Å². The van der Waals surface area contributed by atoms with Gasteiger partial charge in [0.05, 0.1) is 25.5 Å². The van der Waals surface area contributed by atoms with Crippen LogP contribution in [0.5, 0.6) is 11.5 Å². The van der Waals surface area contributed by atoms with Crippen LogP contribution in [0.15, 0.2) is 54.0 Å². The zero-order valence-corrected chi connectivity index (χ0v) is 25.7. The van der Waals surface area contributed by atoms with Gasteiger partial charge in [-0.1, -0.05) is 107 Å². The third kappa shape index (κ3) is 11.7. The first-order valence-corrected chi connectivity index (χ1v) is 16.1. The Bertz CT molecular complexity index is 1140. The number of carbonyl (C=O) groups is 1. The Kier molecular flexibility index (Phi) is 14.6. The fourth-order valence-electron chi connectivity index (χ4n) is 4.94. The number of thiazole rings is 1. The number of hydrogen-bond donors (Lipinski definition) is 1. The molecule has 0 radical (unpaired) electrons. The van der Waals surface area contributed by atoms with Crippen molar-refractivity contribution in [2.24, 2.45) is 0 Å². The van der Waals surface area contributed by atoms with Crippen LogP contribution in [0.3, 0.4) is 0 Å². The molecule has 0 atom stereocenters. The SMILES string of the molecule is CCCCCCCCCCCCCCOc1ccc(CC(=O)Nc2cccc(C[n+]3ccsc3C)c2)cc1OC. The molecule has 1 heterocycles. The molecule has 0 spiro atoms. The molecule has 0 aliphatic heterocycles. The first kappa shape index (κ1) is 31.7. The van der Waals surface area contributed by atoms with E-state index in [0.29, 0.717) is 12.4 Å². The molecule has 2 aromatic carbocycles. The summed E-state index contributed by atoms with van der Waals surface area (Å²) in [6.45, 7) is 5.86. The van der Waals surface area contributed by atoms with Crippen LogP contribution in [-0.4, -0.2) is 19.6 Å². The summed E-state index contributed by atoms with van der Waals surface area (Å²) in [6.07, 6.45) is 18.3. The molecule has 0 unspecified atom stereocenters. The molecule has 3 rings (SSSR count). The Morgan fingerprint density at radius 2 is 1.55 bits per heavy atom. The Labute approximate surface area is 245 Å². The summed E-state index contributed by atoms with van der Waals surface area (Å²) in [5.74, 6) is 1.36. The van der Waals surface area contributed by atoms with Gasteiger partial charge in [-0.3, -0.25) is 4.79 Å². The minimum atomic E-state index is -0.0521. The number of aryl methyl sites for hydroxylation is 1. The fraction of sp³-hybridized carbons (Fsp3) is 0.529. The highest BCUT2D eigenvalue weighted by Gasteiger charge is 2.12. The van der Waals surface area contributed by atoms with Crippen LogP contribution in [0.4, 0.5) is 5.69 Å².